The van der Waals surface area contributed by atoms with Gasteiger partial charge in [0.25, 0.3) is 0 Å². The van der Waals surface area contributed by atoms with Crippen LogP contribution in [0.1, 0.15) is 44.7 Å². The quantitative estimate of drug-likeness (QED) is 0.851. The summed E-state index contributed by atoms with van der Waals surface area (Å²) in [6.45, 7) is 9.84. The van der Waals surface area contributed by atoms with Gasteiger partial charge in [0.15, 0.2) is 0 Å². The predicted molar refractivity (Wildman–Crippen MR) is 99.1 cm³/mol. The fourth-order valence-corrected chi connectivity index (χ4v) is 3.86. The van der Waals surface area contributed by atoms with Gasteiger partial charge in [-0.2, -0.15) is 0 Å². The molecular formula is C19H28N2O2S. The Bertz CT molecular complexity index is 622. The summed E-state index contributed by atoms with van der Waals surface area (Å²) in [5, 5.41) is 0. The number of carbonyl (C=O) groups is 2. The predicted octanol–water partition coefficient (Wildman–Crippen LogP) is 3.11. The molecule has 2 rings (SSSR count). The van der Waals surface area contributed by atoms with E-state index in [9.17, 15) is 9.59 Å². The number of hydrogen-bond donors (Lipinski definition) is 1. The van der Waals surface area contributed by atoms with E-state index in [2.05, 4.69) is 45.9 Å². The lowest BCUT2D eigenvalue weighted by Gasteiger charge is -2.31. The van der Waals surface area contributed by atoms with E-state index >= 15 is 0 Å². The third kappa shape index (κ3) is 4.76. The van der Waals surface area contributed by atoms with E-state index in [1.165, 1.54) is 11.1 Å². The molecule has 5 heteroatoms. The molecule has 1 aromatic rings. The number of carbonyl (C=O) groups excluding carboxylic acids is 2. The molecule has 0 bridgehead atoms. The minimum atomic E-state index is -0.297. The zero-order valence-corrected chi connectivity index (χ0v) is 15.9. The number of rotatable bonds is 4. The first-order valence-electron chi connectivity index (χ1n) is 8.49. The van der Waals surface area contributed by atoms with Gasteiger partial charge in [0.2, 0.25) is 11.8 Å². The fraction of sp³-hybridized carbons (Fsp3) is 0.579. The maximum Gasteiger partial charge on any atom is 0.232 e. The van der Waals surface area contributed by atoms with Gasteiger partial charge in [-0.25, -0.2) is 0 Å². The Kier molecular flexibility index (Phi) is 5.97. The maximum atomic E-state index is 12.5. The molecule has 4 nitrogen and oxygen atoms in total. The molecule has 24 heavy (non-hydrogen) atoms. The van der Waals surface area contributed by atoms with Gasteiger partial charge in [0.05, 0.1) is 11.7 Å². The molecule has 1 atom stereocenters. The molecule has 2 N–H and O–H groups in total. The average Bonchev–Trinajstić information content (AvgIpc) is 2.52. The summed E-state index contributed by atoms with van der Waals surface area (Å²) in [5.41, 5.74) is 7.94. The zero-order valence-electron chi connectivity index (χ0n) is 15.1. The van der Waals surface area contributed by atoms with Gasteiger partial charge in [0.1, 0.15) is 0 Å². The van der Waals surface area contributed by atoms with Crippen LogP contribution in [0.3, 0.4) is 0 Å². The number of primary amides is 1. The van der Waals surface area contributed by atoms with Crippen LogP contribution in [0, 0.1) is 12.8 Å². The molecular weight excluding hydrogens is 320 g/mol. The van der Waals surface area contributed by atoms with Crippen molar-refractivity contribution in [1.29, 1.82) is 0 Å². The van der Waals surface area contributed by atoms with Crippen LogP contribution in [0.15, 0.2) is 23.1 Å². The minimum absolute atomic E-state index is 0.0894. The van der Waals surface area contributed by atoms with Crippen LogP contribution < -0.4 is 5.73 Å². The molecule has 1 aromatic carbocycles. The number of thioether (sulfide) groups is 1. The molecule has 0 radical (unpaired) electrons. The van der Waals surface area contributed by atoms with Crippen molar-refractivity contribution in [3.63, 3.8) is 0 Å². The summed E-state index contributed by atoms with van der Waals surface area (Å²) in [4.78, 5) is 26.8. The molecule has 1 heterocycles. The molecule has 1 fully saturated rings. The first kappa shape index (κ1) is 18.8. The van der Waals surface area contributed by atoms with Crippen LogP contribution in [0.5, 0.6) is 0 Å². The highest BCUT2D eigenvalue weighted by Gasteiger charge is 2.27. The van der Waals surface area contributed by atoms with Gasteiger partial charge in [-0.3, -0.25) is 9.59 Å². The van der Waals surface area contributed by atoms with E-state index in [1.807, 2.05) is 0 Å². The second-order valence-corrected chi connectivity index (χ2v) is 8.62. The minimum Gasteiger partial charge on any atom is -0.369 e. The van der Waals surface area contributed by atoms with Crippen LogP contribution in [0.2, 0.25) is 0 Å². The summed E-state index contributed by atoms with van der Waals surface area (Å²) in [5.74, 6) is -0.000968. The fourth-order valence-electron chi connectivity index (χ4n) is 2.89. The standard InChI is InChI=1S/C19H28N2O2S/c1-13-7-8-15(19(2,3)4)10-16(13)24-12-17(22)21-9-5-6-14(11-21)18(20)23/h7-8,10,14H,5-6,9,11-12H2,1-4H3,(H2,20,23)/t14-/m0/s1. The van der Waals surface area contributed by atoms with E-state index in [0.29, 0.717) is 12.3 Å². The summed E-state index contributed by atoms with van der Waals surface area (Å²) >= 11 is 1.58. The first-order valence-corrected chi connectivity index (χ1v) is 9.48. The van der Waals surface area contributed by atoms with Crippen LogP contribution in [-0.2, 0) is 15.0 Å². The van der Waals surface area contributed by atoms with Crippen molar-refractivity contribution in [1.82, 2.24) is 4.90 Å². The third-order valence-electron chi connectivity index (χ3n) is 4.58. The monoisotopic (exact) mass is 348 g/mol. The Morgan fingerprint density at radius 2 is 2.04 bits per heavy atom. The van der Waals surface area contributed by atoms with Crippen molar-refractivity contribution in [3.8, 4) is 0 Å². The van der Waals surface area contributed by atoms with E-state index in [4.69, 9.17) is 5.73 Å². The Balaban J connectivity index is 2.00. The largest absolute Gasteiger partial charge is 0.369 e. The van der Waals surface area contributed by atoms with Crippen molar-refractivity contribution in [2.24, 2.45) is 11.7 Å². The zero-order chi connectivity index (χ0) is 17.9. The van der Waals surface area contributed by atoms with Crippen molar-refractivity contribution in [2.45, 2.75) is 50.8 Å². The van der Waals surface area contributed by atoms with Gasteiger partial charge in [-0.1, -0.05) is 32.9 Å². The molecule has 0 unspecified atom stereocenters. The smallest absolute Gasteiger partial charge is 0.232 e. The summed E-state index contributed by atoms with van der Waals surface area (Å²) in [7, 11) is 0. The summed E-state index contributed by atoms with van der Waals surface area (Å²) in [6, 6.07) is 6.47. The Morgan fingerprint density at radius 3 is 2.67 bits per heavy atom. The van der Waals surface area contributed by atoms with Crippen LogP contribution in [0.4, 0.5) is 0 Å². The number of likely N-dealkylation sites (tertiary alicyclic amines) is 1. The molecule has 0 spiro atoms. The molecule has 132 valence electrons. The number of hydrogen-bond acceptors (Lipinski definition) is 3. The molecule has 0 aromatic heterocycles. The number of piperidine rings is 1. The topological polar surface area (TPSA) is 63.4 Å². The second-order valence-electron chi connectivity index (χ2n) is 7.60. The average molecular weight is 349 g/mol. The van der Waals surface area contributed by atoms with E-state index in [0.717, 1.165) is 24.3 Å². The van der Waals surface area contributed by atoms with Crippen molar-refractivity contribution in [3.05, 3.63) is 29.3 Å². The van der Waals surface area contributed by atoms with Gasteiger partial charge in [-0.05, 0) is 42.4 Å². The van der Waals surface area contributed by atoms with Crippen molar-refractivity contribution in [2.75, 3.05) is 18.8 Å². The normalized spacial score (nSPS) is 18.5. The van der Waals surface area contributed by atoms with Gasteiger partial charge in [0, 0.05) is 18.0 Å². The number of benzene rings is 1. The van der Waals surface area contributed by atoms with E-state index in [-0.39, 0.29) is 23.1 Å². The number of aryl methyl sites for hydroxylation is 1. The third-order valence-corrected chi connectivity index (χ3v) is 5.72. The van der Waals surface area contributed by atoms with Crippen LogP contribution in [0.25, 0.3) is 0 Å². The maximum absolute atomic E-state index is 12.5. The molecule has 1 aliphatic rings. The second kappa shape index (κ2) is 7.60. The van der Waals surface area contributed by atoms with Crippen LogP contribution in [-0.4, -0.2) is 35.6 Å². The molecule has 0 aliphatic carbocycles. The van der Waals surface area contributed by atoms with E-state index < -0.39 is 0 Å². The lowest BCUT2D eigenvalue weighted by molar-refractivity contribution is -0.132. The molecule has 0 saturated carbocycles. The Morgan fingerprint density at radius 1 is 1.33 bits per heavy atom. The SMILES string of the molecule is Cc1ccc(C(C)(C)C)cc1SCC(=O)N1CCC[C@H](C(N)=O)C1. The van der Waals surface area contributed by atoms with Crippen molar-refractivity contribution >= 4 is 23.6 Å². The van der Waals surface area contributed by atoms with Gasteiger partial charge in [-0.15, -0.1) is 11.8 Å². The number of nitrogens with zero attached hydrogens (tertiary/aromatic N) is 1. The number of nitrogens with two attached hydrogens (primary N) is 1. The molecule has 2 amide bonds. The Hall–Kier alpha value is -1.49. The number of amides is 2. The van der Waals surface area contributed by atoms with Gasteiger partial charge >= 0.3 is 0 Å². The summed E-state index contributed by atoms with van der Waals surface area (Å²) < 4.78 is 0. The van der Waals surface area contributed by atoms with E-state index in [1.54, 1.807) is 16.7 Å². The van der Waals surface area contributed by atoms with Gasteiger partial charge < -0.3 is 10.6 Å². The molecule has 1 saturated heterocycles. The highest BCUT2D eigenvalue weighted by molar-refractivity contribution is 8.00. The lowest BCUT2D eigenvalue weighted by Crippen LogP contribution is -2.44. The highest BCUT2D eigenvalue weighted by Crippen LogP contribution is 2.30. The molecule has 1 aliphatic heterocycles. The lowest BCUT2D eigenvalue weighted by atomic mass is 9.87. The Labute approximate surface area is 149 Å². The summed E-state index contributed by atoms with van der Waals surface area (Å²) in [6.07, 6.45) is 1.64. The first-order chi connectivity index (χ1) is 11.2. The highest BCUT2D eigenvalue weighted by atomic mass is 32.2. The van der Waals surface area contributed by atoms with Crippen molar-refractivity contribution < 1.29 is 9.59 Å². The van der Waals surface area contributed by atoms with Crippen LogP contribution >= 0.6 is 11.8 Å².